The van der Waals surface area contributed by atoms with E-state index in [1.165, 1.54) is 11.0 Å². The first-order chi connectivity index (χ1) is 7.11. The molecule has 1 aromatic carbocycles. The van der Waals surface area contributed by atoms with Gasteiger partial charge in [-0.25, -0.2) is 8.75 Å². The van der Waals surface area contributed by atoms with E-state index < -0.39 is 0 Å². The quantitative estimate of drug-likeness (QED) is 0.756. The van der Waals surface area contributed by atoms with Crippen LogP contribution in [0.2, 0.25) is 5.02 Å². The number of para-hydroxylation sites is 1. The maximum atomic E-state index is 11.6. The van der Waals surface area contributed by atoms with Gasteiger partial charge in [-0.2, -0.15) is 0 Å². The summed E-state index contributed by atoms with van der Waals surface area (Å²) in [5.74, 6) is 0. The van der Waals surface area contributed by atoms with Crippen LogP contribution < -0.4 is 10.6 Å². The molecule has 0 N–H and O–H groups in total. The highest BCUT2D eigenvalue weighted by Gasteiger charge is 2.10. The summed E-state index contributed by atoms with van der Waals surface area (Å²) in [6.45, 7) is 0. The van der Waals surface area contributed by atoms with Gasteiger partial charge in [-0.3, -0.25) is 9.36 Å². The number of hydrogen-bond acceptors (Lipinski definition) is 3. The van der Waals surface area contributed by atoms with E-state index in [4.69, 9.17) is 11.6 Å². The molecule has 0 aliphatic rings. The summed E-state index contributed by atoms with van der Waals surface area (Å²) >= 11 is 6.76. The van der Waals surface area contributed by atoms with Gasteiger partial charge in [-0.1, -0.05) is 23.7 Å². The van der Waals surface area contributed by atoms with Crippen molar-refractivity contribution in [2.75, 3.05) is 0 Å². The van der Waals surface area contributed by atoms with Crippen LogP contribution in [0.4, 0.5) is 0 Å². The lowest BCUT2D eigenvalue weighted by Gasteiger charge is -2.00. The number of rotatable bonds is 1. The largest absolute Gasteiger partial charge is 0.345 e. The lowest BCUT2D eigenvalue weighted by atomic mass is 10.3. The highest BCUT2D eigenvalue weighted by Crippen LogP contribution is 2.18. The first-order valence-corrected chi connectivity index (χ1v) is 5.30. The van der Waals surface area contributed by atoms with Crippen LogP contribution in [0.25, 0.3) is 5.69 Å². The van der Waals surface area contributed by atoms with Crippen molar-refractivity contribution in [3.8, 4) is 5.69 Å². The van der Waals surface area contributed by atoms with E-state index in [1.807, 2.05) is 0 Å². The van der Waals surface area contributed by atoms with Gasteiger partial charge in [-0.15, -0.1) is 0 Å². The van der Waals surface area contributed by atoms with E-state index in [2.05, 4.69) is 0 Å². The van der Waals surface area contributed by atoms with Gasteiger partial charge in [0.2, 0.25) is 0 Å². The normalized spacial score (nSPS) is 10.5. The molecule has 0 bridgehead atoms. The number of halogens is 1. The fraction of sp³-hybridized carbons (Fsp3) is 0.111. The molecule has 1 aromatic heterocycles. The highest BCUT2D eigenvalue weighted by molar-refractivity contribution is 7.03. The zero-order valence-corrected chi connectivity index (χ0v) is 9.38. The van der Waals surface area contributed by atoms with Gasteiger partial charge >= 0.3 is 10.6 Å². The van der Waals surface area contributed by atoms with E-state index in [0.717, 1.165) is 16.1 Å². The number of hydrogen-bond donors (Lipinski definition) is 0. The molecule has 0 saturated carbocycles. The third kappa shape index (κ3) is 1.64. The molecule has 0 aliphatic carbocycles. The summed E-state index contributed by atoms with van der Waals surface area (Å²) < 4.78 is 2.33. The minimum absolute atomic E-state index is 0.306. The van der Waals surface area contributed by atoms with Gasteiger partial charge in [0.15, 0.2) is 0 Å². The molecular weight excluding hydrogens is 236 g/mol. The first kappa shape index (κ1) is 10.2. The van der Waals surface area contributed by atoms with E-state index in [9.17, 15) is 9.59 Å². The van der Waals surface area contributed by atoms with Gasteiger partial charge in [0.05, 0.1) is 10.7 Å². The molecule has 15 heavy (non-hydrogen) atoms. The topological polar surface area (TPSA) is 44.0 Å². The summed E-state index contributed by atoms with van der Waals surface area (Å²) in [5, 5.41) is 0.446. The van der Waals surface area contributed by atoms with Gasteiger partial charge in [0.1, 0.15) is 0 Å². The second-order valence-electron chi connectivity index (χ2n) is 2.94. The third-order valence-corrected chi connectivity index (χ3v) is 3.26. The lowest BCUT2D eigenvalue weighted by Crippen LogP contribution is -2.25. The molecule has 0 atom stereocenters. The molecule has 2 aromatic rings. The zero-order chi connectivity index (χ0) is 11.0. The average molecular weight is 243 g/mol. The highest BCUT2D eigenvalue weighted by atomic mass is 35.5. The van der Waals surface area contributed by atoms with Crippen LogP contribution in [0, 0.1) is 0 Å². The molecule has 0 spiro atoms. The fourth-order valence-corrected chi connectivity index (χ4v) is 2.25. The molecule has 0 unspecified atom stereocenters. The van der Waals surface area contributed by atoms with Crippen LogP contribution in [0.3, 0.4) is 0 Å². The molecule has 4 nitrogen and oxygen atoms in total. The van der Waals surface area contributed by atoms with Crippen molar-refractivity contribution in [3.05, 3.63) is 49.4 Å². The van der Waals surface area contributed by atoms with Crippen LogP contribution >= 0.6 is 23.1 Å². The maximum Gasteiger partial charge on any atom is 0.345 e. The molecule has 0 saturated heterocycles. The Kier molecular flexibility index (Phi) is 2.50. The summed E-state index contributed by atoms with van der Waals surface area (Å²) in [4.78, 5) is 22.6. The molecule has 0 fully saturated rings. The zero-order valence-electron chi connectivity index (χ0n) is 7.81. The van der Waals surface area contributed by atoms with E-state index in [-0.39, 0.29) is 10.6 Å². The fourth-order valence-electron chi connectivity index (χ4n) is 1.16. The SMILES string of the molecule is Cn1c(=O)sn(-c2ccccc2Cl)c1=O. The van der Waals surface area contributed by atoms with Crippen LogP contribution in [0.1, 0.15) is 0 Å². The monoisotopic (exact) mass is 242 g/mol. The van der Waals surface area contributed by atoms with Crippen molar-refractivity contribution in [2.24, 2.45) is 7.05 Å². The molecule has 6 heteroatoms. The predicted molar refractivity (Wildman–Crippen MR) is 60.2 cm³/mol. The summed E-state index contributed by atoms with van der Waals surface area (Å²) in [7, 11) is 1.44. The van der Waals surface area contributed by atoms with Crippen molar-refractivity contribution in [1.29, 1.82) is 0 Å². The first-order valence-electron chi connectivity index (χ1n) is 4.15. The van der Waals surface area contributed by atoms with Gasteiger partial charge in [0, 0.05) is 18.6 Å². The molecule has 78 valence electrons. The van der Waals surface area contributed by atoms with Crippen molar-refractivity contribution in [2.45, 2.75) is 0 Å². The van der Waals surface area contributed by atoms with Crippen molar-refractivity contribution < 1.29 is 0 Å². The Bertz CT molecular complexity index is 611. The van der Waals surface area contributed by atoms with Crippen LogP contribution in [0.5, 0.6) is 0 Å². The summed E-state index contributed by atoms with van der Waals surface area (Å²) in [6.07, 6.45) is 0. The molecule has 1 heterocycles. The minimum Gasteiger partial charge on any atom is -0.255 e. The van der Waals surface area contributed by atoms with Crippen molar-refractivity contribution in [1.82, 2.24) is 8.52 Å². The molecule has 0 radical (unpaired) electrons. The maximum absolute atomic E-state index is 11.6. The number of benzene rings is 1. The van der Waals surface area contributed by atoms with Gasteiger partial charge in [0.25, 0.3) is 0 Å². The van der Waals surface area contributed by atoms with E-state index in [1.54, 1.807) is 24.3 Å². The Morgan fingerprint density at radius 2 is 1.93 bits per heavy atom. The average Bonchev–Trinajstić information content (AvgIpc) is 2.47. The number of nitrogens with zero attached hydrogens (tertiary/aromatic N) is 2. The van der Waals surface area contributed by atoms with Crippen LogP contribution in [0.15, 0.2) is 33.9 Å². The molecule has 0 aliphatic heterocycles. The molecule has 0 amide bonds. The Labute approximate surface area is 94.1 Å². The Morgan fingerprint density at radius 3 is 2.47 bits per heavy atom. The second kappa shape index (κ2) is 3.67. The standard InChI is InChI=1S/C9H7ClN2O2S/c1-11-8(13)12(15-9(11)14)7-5-3-2-4-6(7)10/h2-5H,1H3. The Morgan fingerprint density at radius 1 is 1.27 bits per heavy atom. The van der Waals surface area contributed by atoms with Gasteiger partial charge in [-0.05, 0) is 12.1 Å². The predicted octanol–water partition coefficient (Wildman–Crippen LogP) is 1.25. The van der Waals surface area contributed by atoms with Crippen molar-refractivity contribution in [3.63, 3.8) is 0 Å². The molecular formula is C9H7ClN2O2S. The summed E-state index contributed by atoms with van der Waals surface area (Å²) in [5.41, 5.74) is 0.157. The summed E-state index contributed by atoms with van der Waals surface area (Å²) in [6, 6.07) is 6.90. The van der Waals surface area contributed by atoms with E-state index in [0.29, 0.717) is 10.7 Å². The van der Waals surface area contributed by atoms with Gasteiger partial charge < -0.3 is 0 Å². The number of aromatic nitrogens is 2. The van der Waals surface area contributed by atoms with Crippen LogP contribution in [-0.2, 0) is 7.05 Å². The van der Waals surface area contributed by atoms with Crippen LogP contribution in [-0.4, -0.2) is 8.52 Å². The minimum atomic E-state index is -0.377. The third-order valence-electron chi connectivity index (χ3n) is 1.98. The Balaban J connectivity index is 2.76. The van der Waals surface area contributed by atoms with Crippen molar-refractivity contribution >= 4 is 23.1 Å². The lowest BCUT2D eigenvalue weighted by molar-refractivity contribution is 0.805. The second-order valence-corrected chi connectivity index (χ2v) is 4.25. The Hall–Kier alpha value is -1.33. The van der Waals surface area contributed by atoms with E-state index >= 15 is 0 Å². The molecule has 2 rings (SSSR count). The smallest absolute Gasteiger partial charge is 0.255 e.